The monoisotopic (exact) mass is 184 g/mol. The van der Waals surface area contributed by atoms with Crippen molar-refractivity contribution in [3.05, 3.63) is 0 Å². The van der Waals surface area contributed by atoms with Crippen LogP contribution in [0.15, 0.2) is 0 Å². The molecule has 0 saturated carbocycles. The fourth-order valence-electron chi connectivity index (χ4n) is 0.671. The molecule has 0 bridgehead atoms. The summed E-state index contributed by atoms with van der Waals surface area (Å²) < 4.78 is 0. The van der Waals surface area contributed by atoms with Crippen LogP contribution in [0.25, 0.3) is 0 Å². The molecule has 0 aromatic rings. The van der Waals surface area contributed by atoms with Gasteiger partial charge in [-0.05, 0) is 0 Å². The van der Waals surface area contributed by atoms with Crippen LogP contribution in [0.1, 0.15) is 0 Å². The molecule has 12 heavy (non-hydrogen) atoms. The van der Waals surface area contributed by atoms with Gasteiger partial charge in [0.05, 0.1) is 13.2 Å². The van der Waals surface area contributed by atoms with Gasteiger partial charge in [0.25, 0.3) is 0 Å². The predicted molar refractivity (Wildman–Crippen MR) is 38.2 cm³/mol. The predicted octanol–water partition coefficient (Wildman–Crippen LogP) is -3.59. The summed E-state index contributed by atoms with van der Waals surface area (Å²) in [5.41, 5.74) is 0. The van der Waals surface area contributed by atoms with E-state index in [-0.39, 0.29) is 0 Å². The molecule has 0 radical (unpaired) electrons. The van der Waals surface area contributed by atoms with Crippen LogP contribution >= 0.6 is 0 Å². The Kier molecular flexibility index (Phi) is 5.31. The molecule has 0 aromatic heterocycles. The minimum Gasteiger partial charge on any atom is -0.394 e. The average Bonchev–Trinajstić information content (AvgIpc) is 2.12. The third-order valence-electron chi connectivity index (χ3n) is 1.51. The Morgan fingerprint density at radius 2 is 0.917 bits per heavy atom. The zero-order chi connectivity index (χ0) is 9.72. The standard InChI is InChI=1S/C6H14O6/c7-1-3(9)5(11)6(12)4(10)2-8/h3-12H,1-2H2/t3-,4-,5-,6-/m1/s1/i1+1,3+1. The number of hydrogen-bond donors (Lipinski definition) is 6. The minimum atomic E-state index is -1.67. The van der Waals surface area contributed by atoms with Crippen LogP contribution in [0, 0.1) is 0 Å². The van der Waals surface area contributed by atoms with Crippen molar-refractivity contribution in [1.82, 2.24) is 0 Å². The van der Waals surface area contributed by atoms with E-state index in [2.05, 4.69) is 0 Å². The first-order valence-corrected chi connectivity index (χ1v) is 3.48. The van der Waals surface area contributed by atoms with Crippen molar-refractivity contribution < 1.29 is 30.6 Å². The summed E-state index contributed by atoms with van der Waals surface area (Å²) in [6.45, 7) is -1.45. The molecule has 4 atom stereocenters. The number of aliphatic hydroxyl groups is 6. The molecule has 0 spiro atoms. The molecule has 74 valence electrons. The van der Waals surface area contributed by atoms with Crippen LogP contribution in [-0.4, -0.2) is 68.3 Å². The first-order chi connectivity index (χ1) is 5.54. The maximum atomic E-state index is 8.96. The maximum absolute atomic E-state index is 8.96. The summed E-state index contributed by atoms with van der Waals surface area (Å²) in [5.74, 6) is 0. The molecule has 0 saturated heterocycles. The molecule has 0 fully saturated rings. The van der Waals surface area contributed by atoms with E-state index in [0.29, 0.717) is 0 Å². The van der Waals surface area contributed by atoms with Crippen LogP contribution in [0.2, 0.25) is 0 Å². The Labute approximate surface area is 69.3 Å². The van der Waals surface area contributed by atoms with E-state index in [9.17, 15) is 0 Å². The average molecular weight is 184 g/mol. The van der Waals surface area contributed by atoms with Crippen LogP contribution in [0.4, 0.5) is 0 Å². The van der Waals surface area contributed by atoms with Crippen LogP contribution in [0.5, 0.6) is 0 Å². The second-order valence-electron chi connectivity index (χ2n) is 2.48. The molecule has 6 nitrogen and oxygen atoms in total. The molecule has 0 aliphatic carbocycles. The minimum absolute atomic E-state index is 0.726. The van der Waals surface area contributed by atoms with Gasteiger partial charge in [0, 0.05) is 0 Å². The van der Waals surface area contributed by atoms with Crippen molar-refractivity contribution in [2.75, 3.05) is 13.2 Å². The molecule has 0 unspecified atom stereocenters. The highest BCUT2D eigenvalue weighted by Crippen LogP contribution is 2.03. The quantitative estimate of drug-likeness (QED) is 0.246. The van der Waals surface area contributed by atoms with E-state index < -0.39 is 37.6 Å². The zero-order valence-electron chi connectivity index (χ0n) is 6.41. The molecule has 6 N–H and O–H groups in total. The van der Waals surface area contributed by atoms with Gasteiger partial charge in [-0.15, -0.1) is 0 Å². The molecule has 0 heterocycles. The van der Waals surface area contributed by atoms with Gasteiger partial charge < -0.3 is 30.6 Å². The smallest absolute Gasteiger partial charge is 0.111 e. The van der Waals surface area contributed by atoms with Gasteiger partial charge >= 0.3 is 0 Å². The lowest BCUT2D eigenvalue weighted by molar-refractivity contribution is -0.123. The topological polar surface area (TPSA) is 121 Å². The van der Waals surface area contributed by atoms with E-state index in [1.807, 2.05) is 0 Å². The zero-order valence-corrected chi connectivity index (χ0v) is 6.41. The molecule has 0 amide bonds. The molecule has 0 aliphatic rings. The molecular formula is C6H14O6. The first kappa shape index (κ1) is 11.8. The summed E-state index contributed by atoms with van der Waals surface area (Å²) in [5, 5.41) is 52.2. The highest BCUT2D eigenvalue weighted by atomic mass is 16.5. The van der Waals surface area contributed by atoms with Crippen molar-refractivity contribution in [2.24, 2.45) is 0 Å². The van der Waals surface area contributed by atoms with Crippen LogP contribution < -0.4 is 0 Å². The Morgan fingerprint density at radius 1 is 0.667 bits per heavy atom. The van der Waals surface area contributed by atoms with Gasteiger partial charge in [0.15, 0.2) is 0 Å². The lowest BCUT2D eigenvalue weighted by atomic mass is 10.1. The number of rotatable bonds is 5. The third kappa shape index (κ3) is 3.02. The summed E-state index contributed by atoms with van der Waals surface area (Å²) in [4.78, 5) is 0. The van der Waals surface area contributed by atoms with Crippen LogP contribution in [-0.2, 0) is 0 Å². The number of hydrogen-bond acceptors (Lipinski definition) is 6. The van der Waals surface area contributed by atoms with E-state index in [1.165, 1.54) is 0 Å². The van der Waals surface area contributed by atoms with Crippen molar-refractivity contribution in [1.29, 1.82) is 0 Å². The van der Waals surface area contributed by atoms with Crippen molar-refractivity contribution in [3.8, 4) is 0 Å². The fourth-order valence-corrected chi connectivity index (χ4v) is 0.671. The summed E-state index contributed by atoms with van der Waals surface area (Å²) in [7, 11) is 0. The molecule has 6 heteroatoms. The summed E-state index contributed by atoms with van der Waals surface area (Å²) >= 11 is 0. The van der Waals surface area contributed by atoms with Gasteiger partial charge in [0.2, 0.25) is 0 Å². The Bertz CT molecular complexity index is 105. The summed E-state index contributed by atoms with van der Waals surface area (Å²) in [6.07, 6.45) is -6.39. The second-order valence-corrected chi connectivity index (χ2v) is 2.48. The van der Waals surface area contributed by atoms with Gasteiger partial charge in [0.1, 0.15) is 24.4 Å². The summed E-state index contributed by atoms with van der Waals surface area (Å²) in [6, 6.07) is 0. The lowest BCUT2D eigenvalue weighted by Gasteiger charge is -2.24. The highest BCUT2D eigenvalue weighted by molar-refractivity contribution is 4.79. The van der Waals surface area contributed by atoms with Gasteiger partial charge in [-0.2, -0.15) is 0 Å². The van der Waals surface area contributed by atoms with Gasteiger partial charge in [-0.3, -0.25) is 0 Å². The first-order valence-electron chi connectivity index (χ1n) is 3.48. The highest BCUT2D eigenvalue weighted by Gasteiger charge is 2.29. The lowest BCUT2D eigenvalue weighted by Crippen LogP contribution is -2.46. The molecule has 0 aromatic carbocycles. The molecular weight excluding hydrogens is 170 g/mol. The maximum Gasteiger partial charge on any atom is 0.111 e. The SMILES string of the molecule is OC[C@@H](O)[C@@H](O)[C@H](O)[13C@H](O)[13CH2]O. The van der Waals surface area contributed by atoms with E-state index >= 15 is 0 Å². The van der Waals surface area contributed by atoms with E-state index in [4.69, 9.17) is 30.6 Å². The Morgan fingerprint density at radius 3 is 1.08 bits per heavy atom. The van der Waals surface area contributed by atoms with Crippen LogP contribution in [0.3, 0.4) is 0 Å². The third-order valence-corrected chi connectivity index (χ3v) is 1.51. The Balaban J connectivity index is 3.99. The van der Waals surface area contributed by atoms with Crippen molar-refractivity contribution in [3.63, 3.8) is 0 Å². The second kappa shape index (κ2) is 5.41. The van der Waals surface area contributed by atoms with Crippen molar-refractivity contribution in [2.45, 2.75) is 24.4 Å². The van der Waals surface area contributed by atoms with Gasteiger partial charge in [-0.1, -0.05) is 0 Å². The van der Waals surface area contributed by atoms with E-state index in [0.717, 1.165) is 0 Å². The normalized spacial score (nSPS) is 21.5. The van der Waals surface area contributed by atoms with Crippen molar-refractivity contribution >= 4 is 0 Å². The fraction of sp³-hybridized carbons (Fsp3) is 1.00. The molecule has 0 rings (SSSR count). The molecule has 0 aliphatic heterocycles. The van der Waals surface area contributed by atoms with Gasteiger partial charge in [-0.25, -0.2) is 0 Å². The van der Waals surface area contributed by atoms with E-state index in [1.54, 1.807) is 0 Å². The number of aliphatic hydroxyl groups excluding tert-OH is 6. The largest absolute Gasteiger partial charge is 0.394 e. The Hall–Kier alpha value is -0.240.